The molecular formula is C20H17NO. The van der Waals surface area contributed by atoms with Crippen molar-refractivity contribution in [3.63, 3.8) is 0 Å². The minimum Gasteiger partial charge on any atom is -0.398 e. The smallest absolute Gasteiger partial charge is 0.195 e. The van der Waals surface area contributed by atoms with Gasteiger partial charge in [0.1, 0.15) is 0 Å². The SMILES string of the molecule is Cc1ccc(-c2ccc(N)c(C(=O)c3ccccc3)c2)cc1. The van der Waals surface area contributed by atoms with Gasteiger partial charge >= 0.3 is 0 Å². The van der Waals surface area contributed by atoms with Crippen LogP contribution in [0.5, 0.6) is 0 Å². The van der Waals surface area contributed by atoms with Crippen LogP contribution in [0.15, 0.2) is 72.8 Å². The van der Waals surface area contributed by atoms with Crippen LogP contribution in [0.3, 0.4) is 0 Å². The van der Waals surface area contributed by atoms with Crippen LogP contribution in [-0.2, 0) is 0 Å². The molecule has 3 aromatic carbocycles. The Bertz CT molecular complexity index is 805. The van der Waals surface area contributed by atoms with Crippen molar-refractivity contribution in [1.82, 2.24) is 0 Å². The van der Waals surface area contributed by atoms with Gasteiger partial charge in [-0.3, -0.25) is 4.79 Å². The topological polar surface area (TPSA) is 43.1 Å². The van der Waals surface area contributed by atoms with Crippen molar-refractivity contribution in [3.8, 4) is 11.1 Å². The molecule has 0 amide bonds. The predicted octanol–water partition coefficient (Wildman–Crippen LogP) is 4.48. The van der Waals surface area contributed by atoms with Gasteiger partial charge < -0.3 is 5.73 Å². The van der Waals surface area contributed by atoms with E-state index in [0.717, 1.165) is 11.1 Å². The monoisotopic (exact) mass is 287 g/mol. The average Bonchev–Trinajstić information content (AvgIpc) is 2.56. The molecule has 0 aliphatic heterocycles. The van der Waals surface area contributed by atoms with Crippen molar-refractivity contribution in [3.05, 3.63) is 89.5 Å². The van der Waals surface area contributed by atoms with Gasteiger partial charge in [-0.15, -0.1) is 0 Å². The van der Waals surface area contributed by atoms with E-state index < -0.39 is 0 Å². The number of carbonyl (C=O) groups excluding carboxylic acids is 1. The van der Waals surface area contributed by atoms with Crippen molar-refractivity contribution in [2.75, 3.05) is 5.73 Å². The number of hydrogen-bond donors (Lipinski definition) is 1. The number of carbonyl (C=O) groups is 1. The van der Waals surface area contributed by atoms with Crippen molar-refractivity contribution >= 4 is 11.5 Å². The first-order valence-corrected chi connectivity index (χ1v) is 7.21. The van der Waals surface area contributed by atoms with Gasteiger partial charge in [0.2, 0.25) is 0 Å². The summed E-state index contributed by atoms with van der Waals surface area (Å²) >= 11 is 0. The molecule has 22 heavy (non-hydrogen) atoms. The summed E-state index contributed by atoms with van der Waals surface area (Å²) in [6, 6.07) is 23.1. The summed E-state index contributed by atoms with van der Waals surface area (Å²) in [4.78, 5) is 12.6. The van der Waals surface area contributed by atoms with E-state index in [2.05, 4.69) is 31.2 Å². The lowest BCUT2D eigenvalue weighted by molar-refractivity contribution is 0.103. The fraction of sp³-hybridized carbons (Fsp3) is 0.0500. The van der Waals surface area contributed by atoms with Crippen molar-refractivity contribution < 1.29 is 4.79 Å². The molecule has 0 unspecified atom stereocenters. The van der Waals surface area contributed by atoms with E-state index in [0.29, 0.717) is 16.8 Å². The van der Waals surface area contributed by atoms with Gasteiger partial charge in [-0.25, -0.2) is 0 Å². The van der Waals surface area contributed by atoms with Crippen LogP contribution < -0.4 is 5.73 Å². The zero-order chi connectivity index (χ0) is 15.5. The molecule has 2 N–H and O–H groups in total. The summed E-state index contributed by atoms with van der Waals surface area (Å²) < 4.78 is 0. The molecule has 0 saturated carbocycles. The molecule has 0 bridgehead atoms. The van der Waals surface area contributed by atoms with E-state index in [1.807, 2.05) is 30.3 Å². The standard InChI is InChI=1S/C20H17NO/c1-14-7-9-15(10-8-14)17-11-12-19(21)18(13-17)20(22)16-5-3-2-4-6-16/h2-13H,21H2,1H3. The third kappa shape index (κ3) is 2.77. The molecule has 0 aliphatic carbocycles. The van der Waals surface area contributed by atoms with Gasteiger partial charge in [0.25, 0.3) is 0 Å². The number of nitrogens with two attached hydrogens (primary N) is 1. The second-order valence-corrected chi connectivity index (χ2v) is 5.36. The second kappa shape index (κ2) is 5.86. The van der Waals surface area contributed by atoms with Crippen molar-refractivity contribution in [2.24, 2.45) is 0 Å². The van der Waals surface area contributed by atoms with Gasteiger partial charge in [0, 0.05) is 16.8 Å². The molecule has 3 rings (SSSR count). The molecular weight excluding hydrogens is 270 g/mol. The number of anilines is 1. The summed E-state index contributed by atoms with van der Waals surface area (Å²) in [6.45, 7) is 2.05. The van der Waals surface area contributed by atoms with Crippen molar-refractivity contribution in [2.45, 2.75) is 6.92 Å². The summed E-state index contributed by atoms with van der Waals surface area (Å²) in [6.07, 6.45) is 0. The fourth-order valence-corrected chi connectivity index (χ4v) is 2.42. The molecule has 0 spiro atoms. The molecule has 0 aliphatic rings. The Hall–Kier alpha value is -2.87. The highest BCUT2D eigenvalue weighted by Gasteiger charge is 2.13. The molecule has 3 aromatic rings. The summed E-state index contributed by atoms with van der Waals surface area (Å²) in [5.74, 6) is -0.0490. The zero-order valence-electron chi connectivity index (χ0n) is 12.4. The third-order valence-corrected chi connectivity index (χ3v) is 3.72. The third-order valence-electron chi connectivity index (χ3n) is 3.72. The normalized spacial score (nSPS) is 10.4. The van der Waals surface area contributed by atoms with Crippen LogP contribution in [0.1, 0.15) is 21.5 Å². The van der Waals surface area contributed by atoms with Crippen LogP contribution in [0.4, 0.5) is 5.69 Å². The quantitative estimate of drug-likeness (QED) is 0.570. The Morgan fingerprint density at radius 2 is 1.45 bits per heavy atom. The van der Waals surface area contributed by atoms with Crippen LogP contribution in [-0.4, -0.2) is 5.78 Å². The van der Waals surface area contributed by atoms with E-state index in [-0.39, 0.29) is 5.78 Å². The number of ketones is 1. The first-order valence-electron chi connectivity index (χ1n) is 7.21. The maximum Gasteiger partial charge on any atom is 0.195 e. The maximum absolute atomic E-state index is 12.6. The van der Waals surface area contributed by atoms with Crippen LogP contribution in [0, 0.1) is 6.92 Å². The highest BCUT2D eigenvalue weighted by Crippen LogP contribution is 2.26. The average molecular weight is 287 g/mol. The molecule has 2 heteroatoms. The fourth-order valence-electron chi connectivity index (χ4n) is 2.42. The van der Waals surface area contributed by atoms with Gasteiger partial charge in [-0.05, 0) is 30.2 Å². The number of benzene rings is 3. The van der Waals surface area contributed by atoms with E-state index in [1.165, 1.54) is 5.56 Å². The first kappa shape index (κ1) is 14.1. The first-order chi connectivity index (χ1) is 10.6. The Balaban J connectivity index is 2.04. The largest absolute Gasteiger partial charge is 0.398 e. The number of hydrogen-bond acceptors (Lipinski definition) is 2. The minimum atomic E-state index is -0.0490. The maximum atomic E-state index is 12.6. The minimum absolute atomic E-state index is 0.0490. The van der Waals surface area contributed by atoms with Gasteiger partial charge in [0.15, 0.2) is 5.78 Å². The lowest BCUT2D eigenvalue weighted by Crippen LogP contribution is -2.05. The van der Waals surface area contributed by atoms with E-state index in [9.17, 15) is 4.79 Å². The Morgan fingerprint density at radius 1 is 0.818 bits per heavy atom. The summed E-state index contributed by atoms with van der Waals surface area (Å²) in [7, 11) is 0. The second-order valence-electron chi connectivity index (χ2n) is 5.36. The molecule has 0 atom stereocenters. The van der Waals surface area contributed by atoms with Crippen LogP contribution in [0.2, 0.25) is 0 Å². The lowest BCUT2D eigenvalue weighted by atomic mass is 9.96. The molecule has 2 nitrogen and oxygen atoms in total. The van der Waals surface area contributed by atoms with E-state index in [4.69, 9.17) is 5.73 Å². The highest BCUT2D eigenvalue weighted by atomic mass is 16.1. The Kier molecular flexibility index (Phi) is 3.75. The van der Waals surface area contributed by atoms with Gasteiger partial charge in [-0.1, -0.05) is 66.2 Å². The zero-order valence-corrected chi connectivity index (χ0v) is 12.4. The summed E-state index contributed by atoms with van der Waals surface area (Å²) in [5, 5.41) is 0. The Morgan fingerprint density at radius 3 is 2.14 bits per heavy atom. The molecule has 108 valence electrons. The Labute approximate surface area is 130 Å². The molecule has 0 aromatic heterocycles. The molecule has 0 radical (unpaired) electrons. The molecule has 0 saturated heterocycles. The molecule has 0 heterocycles. The van der Waals surface area contributed by atoms with Crippen molar-refractivity contribution in [1.29, 1.82) is 0 Å². The van der Waals surface area contributed by atoms with Crippen LogP contribution in [0.25, 0.3) is 11.1 Å². The molecule has 0 fully saturated rings. The number of nitrogen functional groups attached to an aromatic ring is 1. The number of aryl methyl sites for hydroxylation is 1. The lowest BCUT2D eigenvalue weighted by Gasteiger charge is -2.09. The summed E-state index contributed by atoms with van der Waals surface area (Å²) in [5.41, 5.74) is 11.0. The van der Waals surface area contributed by atoms with Gasteiger partial charge in [0.05, 0.1) is 0 Å². The van der Waals surface area contributed by atoms with Gasteiger partial charge in [-0.2, -0.15) is 0 Å². The number of rotatable bonds is 3. The van der Waals surface area contributed by atoms with E-state index in [1.54, 1.807) is 18.2 Å². The predicted molar refractivity (Wildman–Crippen MR) is 90.9 cm³/mol. The van der Waals surface area contributed by atoms with E-state index >= 15 is 0 Å². The van der Waals surface area contributed by atoms with Crippen LogP contribution >= 0.6 is 0 Å². The highest BCUT2D eigenvalue weighted by molar-refractivity contribution is 6.12.